The molecule has 7 nitrogen and oxygen atoms in total. The topological polar surface area (TPSA) is 74.1 Å². The van der Waals surface area contributed by atoms with Crippen molar-refractivity contribution >= 4 is 13.7 Å². The summed E-state index contributed by atoms with van der Waals surface area (Å²) >= 11 is 0. The number of hydrogen-bond donors (Lipinski definition) is 0. The fourth-order valence-corrected chi connectivity index (χ4v) is 5.49. The monoisotopic (exact) mass is 441 g/mol. The maximum absolute atomic E-state index is 13.4. The van der Waals surface area contributed by atoms with E-state index in [4.69, 9.17) is 18.5 Å². The molecule has 2 atom stereocenters. The van der Waals surface area contributed by atoms with E-state index in [9.17, 15) is 9.36 Å². The van der Waals surface area contributed by atoms with E-state index < -0.39 is 25.1 Å². The van der Waals surface area contributed by atoms with Gasteiger partial charge >= 0.3 is 13.7 Å². The molecule has 1 amide bonds. The number of amides is 1. The summed E-state index contributed by atoms with van der Waals surface area (Å²) in [5, 5.41) is 0. The van der Waals surface area contributed by atoms with Gasteiger partial charge in [-0.15, -0.1) is 0 Å². The minimum Gasteiger partial charge on any atom is -0.488 e. The molecule has 0 bridgehead atoms. The van der Waals surface area contributed by atoms with Crippen LogP contribution in [0.5, 0.6) is 5.75 Å². The molecule has 0 saturated carbocycles. The van der Waals surface area contributed by atoms with Crippen LogP contribution in [0.2, 0.25) is 0 Å². The van der Waals surface area contributed by atoms with Gasteiger partial charge < -0.3 is 18.5 Å². The summed E-state index contributed by atoms with van der Waals surface area (Å²) in [5.74, 6) is 0.120. The highest BCUT2D eigenvalue weighted by Gasteiger charge is 2.63. The smallest absolute Gasteiger partial charge is 0.411 e. The molecule has 0 unspecified atom stereocenters. The first-order valence-corrected chi connectivity index (χ1v) is 12.1. The van der Waals surface area contributed by atoms with Crippen LogP contribution in [0.25, 0.3) is 0 Å². The third-order valence-corrected chi connectivity index (χ3v) is 6.71. The van der Waals surface area contributed by atoms with Crippen LogP contribution in [0.15, 0.2) is 24.3 Å². The number of carbonyl (C=O) groups is 1. The van der Waals surface area contributed by atoms with Crippen LogP contribution in [0.1, 0.15) is 61.0 Å². The Morgan fingerprint density at radius 2 is 1.50 bits per heavy atom. The van der Waals surface area contributed by atoms with Crippen LogP contribution in [0, 0.1) is 0 Å². The van der Waals surface area contributed by atoms with Crippen molar-refractivity contribution in [1.29, 1.82) is 0 Å². The lowest BCUT2D eigenvalue weighted by atomic mass is 10.1. The minimum absolute atomic E-state index is 0.238. The van der Waals surface area contributed by atoms with E-state index in [2.05, 4.69) is 0 Å². The highest BCUT2D eigenvalue weighted by Crippen LogP contribution is 2.63. The van der Waals surface area contributed by atoms with Gasteiger partial charge in [-0.1, -0.05) is 12.1 Å². The SMILES string of the molecule is CCOP(=O)(OCC)[C@@H]1[C@H](Cc2ccc(OC(C)(C)C)cc2)N1C(=O)OC(C)(C)C. The Balaban J connectivity index is 2.21. The summed E-state index contributed by atoms with van der Waals surface area (Å²) in [7, 11) is -3.49. The van der Waals surface area contributed by atoms with E-state index in [1.165, 1.54) is 4.90 Å². The maximum Gasteiger partial charge on any atom is 0.411 e. The average molecular weight is 442 g/mol. The van der Waals surface area contributed by atoms with Crippen molar-refractivity contribution in [3.8, 4) is 5.75 Å². The van der Waals surface area contributed by atoms with E-state index in [0.29, 0.717) is 6.42 Å². The van der Waals surface area contributed by atoms with Gasteiger partial charge in [0, 0.05) is 0 Å². The number of ether oxygens (including phenoxy) is 2. The lowest BCUT2D eigenvalue weighted by Gasteiger charge is -2.21. The Labute approximate surface area is 180 Å². The predicted molar refractivity (Wildman–Crippen MR) is 117 cm³/mol. The molecule has 1 aromatic rings. The van der Waals surface area contributed by atoms with Crippen LogP contribution >= 0.6 is 7.60 Å². The number of nitrogens with zero attached hydrogens (tertiary/aromatic N) is 1. The van der Waals surface area contributed by atoms with Gasteiger partial charge in [0.15, 0.2) is 5.78 Å². The standard InChI is InChI=1S/C22H36NO6P/c1-9-26-30(25,27-10-2)19-18(23(19)20(24)29-22(6,7)8)15-16-11-13-17(14-12-16)28-21(3,4)5/h11-14,18-19H,9-10,15H2,1-8H3/t18-,19+,23?/m0/s1. The van der Waals surface area contributed by atoms with Crippen LogP contribution in [0.4, 0.5) is 4.79 Å². The second-order valence-electron chi connectivity index (χ2n) is 9.31. The number of benzene rings is 1. The zero-order valence-corrected chi connectivity index (χ0v) is 20.3. The zero-order chi connectivity index (χ0) is 22.7. The molecular formula is C22H36NO6P. The summed E-state index contributed by atoms with van der Waals surface area (Å²) in [6.45, 7) is 15.4. The molecule has 1 fully saturated rings. The van der Waals surface area contributed by atoms with Crippen LogP contribution in [0.3, 0.4) is 0 Å². The highest BCUT2D eigenvalue weighted by molar-refractivity contribution is 7.55. The van der Waals surface area contributed by atoms with Crippen molar-refractivity contribution < 1.29 is 27.9 Å². The molecular weight excluding hydrogens is 405 g/mol. The molecule has 2 rings (SSSR count). The fourth-order valence-electron chi connectivity index (χ4n) is 3.23. The molecule has 1 aliphatic rings. The van der Waals surface area contributed by atoms with Crippen LogP contribution in [-0.2, 0) is 24.8 Å². The second kappa shape index (κ2) is 9.29. The maximum atomic E-state index is 13.4. The molecule has 0 aromatic heterocycles. The van der Waals surface area contributed by atoms with Gasteiger partial charge in [0.2, 0.25) is 0 Å². The zero-order valence-electron chi connectivity index (χ0n) is 19.4. The Morgan fingerprint density at radius 1 is 0.967 bits per heavy atom. The summed E-state index contributed by atoms with van der Waals surface area (Å²) in [4.78, 5) is 14.2. The number of rotatable bonds is 8. The number of carbonyl (C=O) groups excluding carboxylic acids is 1. The van der Waals surface area contributed by atoms with Gasteiger partial charge in [-0.3, -0.25) is 9.46 Å². The van der Waals surface area contributed by atoms with Crippen molar-refractivity contribution in [1.82, 2.24) is 4.90 Å². The molecule has 30 heavy (non-hydrogen) atoms. The molecule has 1 aliphatic heterocycles. The first-order valence-electron chi connectivity index (χ1n) is 10.5. The third kappa shape index (κ3) is 6.73. The Bertz CT molecular complexity index is 755. The fraction of sp³-hybridized carbons (Fsp3) is 0.682. The first kappa shape index (κ1) is 24.7. The van der Waals surface area contributed by atoms with Gasteiger partial charge in [0.1, 0.15) is 17.0 Å². The van der Waals surface area contributed by atoms with Crippen molar-refractivity contribution in [2.45, 2.75) is 84.8 Å². The van der Waals surface area contributed by atoms with Crippen molar-refractivity contribution in [3.05, 3.63) is 29.8 Å². The second-order valence-corrected chi connectivity index (χ2v) is 11.4. The van der Waals surface area contributed by atoms with Crippen molar-refractivity contribution in [2.24, 2.45) is 0 Å². The molecule has 0 radical (unpaired) electrons. The van der Waals surface area contributed by atoms with Crippen LogP contribution in [-0.4, -0.2) is 47.2 Å². The predicted octanol–water partition coefficient (Wildman–Crippen LogP) is 5.62. The third-order valence-electron chi connectivity index (χ3n) is 4.24. The Morgan fingerprint density at radius 3 is 1.93 bits per heavy atom. The molecule has 1 aromatic carbocycles. The summed E-state index contributed by atoms with van der Waals surface area (Å²) in [6.07, 6.45) is 0.00828. The van der Waals surface area contributed by atoms with E-state index in [0.717, 1.165) is 11.3 Å². The lowest BCUT2D eigenvalue weighted by Crippen LogP contribution is -2.28. The summed E-state index contributed by atoms with van der Waals surface area (Å²) in [5.41, 5.74) is 0.0667. The molecule has 0 aliphatic carbocycles. The van der Waals surface area contributed by atoms with Gasteiger partial charge in [0.25, 0.3) is 0 Å². The lowest BCUT2D eigenvalue weighted by molar-refractivity contribution is 0.0396. The van der Waals surface area contributed by atoms with Crippen LogP contribution < -0.4 is 4.74 Å². The minimum atomic E-state index is -3.49. The van der Waals surface area contributed by atoms with Gasteiger partial charge in [0.05, 0.1) is 19.3 Å². The Hall–Kier alpha value is -1.56. The molecule has 170 valence electrons. The van der Waals surface area contributed by atoms with Crippen molar-refractivity contribution in [2.75, 3.05) is 13.2 Å². The van der Waals surface area contributed by atoms with Gasteiger partial charge in [-0.25, -0.2) is 4.79 Å². The first-order chi connectivity index (χ1) is 13.8. The molecule has 0 N–H and O–H groups in total. The van der Waals surface area contributed by atoms with Crippen molar-refractivity contribution in [3.63, 3.8) is 0 Å². The van der Waals surface area contributed by atoms with E-state index in [1.54, 1.807) is 34.6 Å². The van der Waals surface area contributed by atoms with Gasteiger partial charge in [-0.05, 0) is 79.5 Å². The van der Waals surface area contributed by atoms with Gasteiger partial charge in [-0.2, -0.15) is 0 Å². The normalized spacial score (nSPS) is 19.5. The van der Waals surface area contributed by atoms with E-state index >= 15 is 0 Å². The summed E-state index contributed by atoms with van der Waals surface area (Å²) in [6, 6.07) is 7.39. The molecule has 0 spiro atoms. The largest absolute Gasteiger partial charge is 0.488 e. The highest BCUT2D eigenvalue weighted by atomic mass is 31.2. The molecule has 1 saturated heterocycles. The molecule has 1 heterocycles. The summed E-state index contributed by atoms with van der Waals surface area (Å²) < 4.78 is 35.8. The quantitative estimate of drug-likeness (QED) is 0.385. The van der Waals surface area contributed by atoms with E-state index in [-0.39, 0.29) is 24.9 Å². The molecule has 8 heteroatoms. The Kier molecular flexibility index (Phi) is 7.65. The average Bonchev–Trinajstić information content (AvgIpc) is 3.29. The van der Waals surface area contributed by atoms with E-state index in [1.807, 2.05) is 45.0 Å². The number of hydrogen-bond acceptors (Lipinski definition) is 6.